The van der Waals surface area contributed by atoms with Gasteiger partial charge in [-0.1, -0.05) is 29.8 Å². The molecule has 0 bridgehead atoms. The Hall–Kier alpha value is -3.09. The van der Waals surface area contributed by atoms with E-state index in [1.54, 1.807) is 4.90 Å². The quantitative estimate of drug-likeness (QED) is 0.824. The molecule has 7 heteroatoms. The van der Waals surface area contributed by atoms with Crippen molar-refractivity contribution in [2.24, 2.45) is 5.92 Å². The van der Waals surface area contributed by atoms with E-state index in [-0.39, 0.29) is 30.5 Å². The van der Waals surface area contributed by atoms with Crippen LogP contribution in [0, 0.1) is 12.8 Å². The highest BCUT2D eigenvalue weighted by atomic mass is 16.4. The highest BCUT2D eigenvalue weighted by Gasteiger charge is 2.34. The first kappa shape index (κ1) is 17.7. The Bertz CT molecular complexity index is 825. The summed E-state index contributed by atoms with van der Waals surface area (Å²) in [6.45, 7) is 2.96. The van der Waals surface area contributed by atoms with E-state index in [1.807, 2.05) is 31.2 Å². The zero-order valence-corrected chi connectivity index (χ0v) is 14.4. The topological polar surface area (TPSA) is 99.8 Å². The smallest absolute Gasteiger partial charge is 0.371 e. The minimum atomic E-state index is -1.16. The van der Waals surface area contributed by atoms with Crippen molar-refractivity contribution >= 4 is 17.8 Å². The lowest BCUT2D eigenvalue weighted by molar-refractivity contribution is -0.129. The SMILES string of the molecule is Cc1ccc(CN2C[C@H](C(=O)NCc3ccc(C(=O)O)o3)CC2=O)cc1. The Morgan fingerprint density at radius 3 is 2.62 bits per heavy atom. The third-order valence-electron chi connectivity index (χ3n) is 4.39. The van der Waals surface area contributed by atoms with Crippen molar-refractivity contribution in [3.8, 4) is 0 Å². The van der Waals surface area contributed by atoms with Crippen LogP contribution in [0.25, 0.3) is 0 Å². The molecule has 26 heavy (non-hydrogen) atoms. The molecule has 0 aliphatic carbocycles. The van der Waals surface area contributed by atoms with Crippen molar-refractivity contribution in [3.05, 3.63) is 59.0 Å². The molecular formula is C19H20N2O5. The van der Waals surface area contributed by atoms with Gasteiger partial charge in [-0.2, -0.15) is 0 Å². The van der Waals surface area contributed by atoms with Crippen LogP contribution in [-0.4, -0.2) is 34.3 Å². The van der Waals surface area contributed by atoms with Crippen LogP contribution in [0.1, 0.15) is 33.9 Å². The number of hydrogen-bond acceptors (Lipinski definition) is 4. The second kappa shape index (κ2) is 7.43. The minimum Gasteiger partial charge on any atom is -0.475 e. The molecule has 7 nitrogen and oxygen atoms in total. The minimum absolute atomic E-state index is 0.0445. The van der Waals surface area contributed by atoms with Gasteiger partial charge in [-0.15, -0.1) is 0 Å². The molecule has 1 aromatic carbocycles. The zero-order chi connectivity index (χ0) is 18.7. The molecule has 2 heterocycles. The van der Waals surface area contributed by atoms with Crippen LogP contribution < -0.4 is 5.32 Å². The number of nitrogens with one attached hydrogen (secondary N) is 1. The number of furan rings is 1. The van der Waals surface area contributed by atoms with Gasteiger partial charge in [0.2, 0.25) is 17.6 Å². The standard InChI is InChI=1S/C19H20N2O5/c1-12-2-4-13(5-3-12)10-21-11-14(8-17(21)22)18(23)20-9-15-6-7-16(26-15)19(24)25/h2-7,14H,8-11H2,1H3,(H,20,23)(H,24,25)/t14-/m1/s1. The lowest BCUT2D eigenvalue weighted by atomic mass is 10.1. The third kappa shape index (κ3) is 4.11. The lowest BCUT2D eigenvalue weighted by Gasteiger charge is -2.16. The molecule has 2 N–H and O–H groups in total. The molecule has 1 atom stereocenters. The lowest BCUT2D eigenvalue weighted by Crippen LogP contribution is -2.32. The van der Waals surface area contributed by atoms with Gasteiger partial charge in [0.15, 0.2) is 0 Å². The maximum absolute atomic E-state index is 12.3. The van der Waals surface area contributed by atoms with Crippen molar-refractivity contribution in [3.63, 3.8) is 0 Å². The fourth-order valence-electron chi connectivity index (χ4n) is 2.92. The molecule has 0 radical (unpaired) electrons. The van der Waals surface area contributed by atoms with Gasteiger partial charge in [-0.3, -0.25) is 9.59 Å². The molecule has 2 amide bonds. The molecule has 2 aromatic rings. The molecule has 1 aliphatic rings. The van der Waals surface area contributed by atoms with Gasteiger partial charge in [0.1, 0.15) is 5.76 Å². The highest BCUT2D eigenvalue weighted by Crippen LogP contribution is 2.21. The van der Waals surface area contributed by atoms with Crippen LogP contribution in [0.15, 0.2) is 40.8 Å². The molecule has 1 fully saturated rings. The maximum Gasteiger partial charge on any atom is 0.371 e. The monoisotopic (exact) mass is 356 g/mol. The van der Waals surface area contributed by atoms with Crippen molar-refractivity contribution < 1.29 is 23.9 Å². The molecule has 3 rings (SSSR count). The number of carbonyl (C=O) groups excluding carboxylic acids is 2. The van der Waals surface area contributed by atoms with Gasteiger partial charge in [-0.05, 0) is 24.6 Å². The van der Waals surface area contributed by atoms with Crippen LogP contribution in [0.2, 0.25) is 0 Å². The molecule has 136 valence electrons. The summed E-state index contributed by atoms with van der Waals surface area (Å²) in [5.74, 6) is -1.67. The van der Waals surface area contributed by atoms with E-state index in [9.17, 15) is 14.4 Å². The second-order valence-electron chi connectivity index (χ2n) is 6.45. The first-order valence-electron chi connectivity index (χ1n) is 8.35. The molecule has 1 aromatic heterocycles. The summed E-state index contributed by atoms with van der Waals surface area (Å²) in [5, 5.41) is 11.5. The molecule has 1 aliphatic heterocycles. The van der Waals surface area contributed by atoms with Gasteiger partial charge >= 0.3 is 5.97 Å². The van der Waals surface area contributed by atoms with Crippen LogP contribution >= 0.6 is 0 Å². The number of aromatic carboxylic acids is 1. The summed E-state index contributed by atoms with van der Waals surface area (Å²) in [4.78, 5) is 36.9. The number of nitrogens with zero attached hydrogens (tertiary/aromatic N) is 1. The number of aryl methyl sites for hydroxylation is 1. The van der Waals surface area contributed by atoms with Crippen molar-refractivity contribution in [2.45, 2.75) is 26.4 Å². The summed E-state index contributed by atoms with van der Waals surface area (Å²) < 4.78 is 5.10. The highest BCUT2D eigenvalue weighted by molar-refractivity contribution is 5.89. The third-order valence-corrected chi connectivity index (χ3v) is 4.39. The number of carboxylic acid groups (broad SMARTS) is 1. The van der Waals surface area contributed by atoms with Crippen molar-refractivity contribution in [1.29, 1.82) is 0 Å². The fourth-order valence-corrected chi connectivity index (χ4v) is 2.92. The second-order valence-corrected chi connectivity index (χ2v) is 6.45. The summed E-state index contributed by atoms with van der Waals surface area (Å²) in [6.07, 6.45) is 0.177. The molecule has 0 saturated carbocycles. The number of carboxylic acids is 1. The average molecular weight is 356 g/mol. The predicted molar refractivity (Wildman–Crippen MR) is 92.2 cm³/mol. The maximum atomic E-state index is 12.3. The van der Waals surface area contributed by atoms with Gasteiger partial charge in [-0.25, -0.2) is 4.79 Å². The first-order valence-corrected chi connectivity index (χ1v) is 8.35. The van der Waals surface area contributed by atoms with Crippen LogP contribution in [0.3, 0.4) is 0 Å². The van der Waals surface area contributed by atoms with Gasteiger partial charge in [0.25, 0.3) is 0 Å². The van der Waals surface area contributed by atoms with E-state index in [0.717, 1.165) is 11.1 Å². The fraction of sp³-hybridized carbons (Fsp3) is 0.316. The predicted octanol–water partition coefficient (Wildman–Crippen LogP) is 1.95. The molecule has 1 saturated heterocycles. The number of benzene rings is 1. The zero-order valence-electron chi connectivity index (χ0n) is 14.4. The van der Waals surface area contributed by atoms with E-state index >= 15 is 0 Å². The normalized spacial score (nSPS) is 16.7. The Morgan fingerprint density at radius 1 is 1.23 bits per heavy atom. The summed E-state index contributed by atoms with van der Waals surface area (Å²) in [6, 6.07) is 10.8. The Balaban J connectivity index is 1.53. The summed E-state index contributed by atoms with van der Waals surface area (Å²) in [7, 11) is 0. The summed E-state index contributed by atoms with van der Waals surface area (Å²) in [5.41, 5.74) is 2.18. The van der Waals surface area contributed by atoms with Gasteiger partial charge in [0.05, 0.1) is 12.5 Å². The molecular weight excluding hydrogens is 336 g/mol. The number of rotatable bonds is 6. The average Bonchev–Trinajstić information content (AvgIpc) is 3.22. The van der Waals surface area contributed by atoms with E-state index in [0.29, 0.717) is 18.8 Å². The Morgan fingerprint density at radius 2 is 1.96 bits per heavy atom. The number of hydrogen-bond donors (Lipinski definition) is 2. The van der Waals surface area contributed by atoms with Gasteiger partial charge < -0.3 is 19.7 Å². The van der Waals surface area contributed by atoms with Crippen molar-refractivity contribution in [2.75, 3.05) is 6.54 Å². The summed E-state index contributed by atoms with van der Waals surface area (Å²) >= 11 is 0. The largest absolute Gasteiger partial charge is 0.475 e. The first-order chi connectivity index (χ1) is 12.4. The van der Waals surface area contributed by atoms with E-state index in [1.165, 1.54) is 12.1 Å². The van der Waals surface area contributed by atoms with Crippen LogP contribution in [-0.2, 0) is 22.7 Å². The number of likely N-dealkylation sites (tertiary alicyclic amines) is 1. The van der Waals surface area contributed by atoms with E-state index in [4.69, 9.17) is 9.52 Å². The van der Waals surface area contributed by atoms with E-state index < -0.39 is 11.9 Å². The van der Waals surface area contributed by atoms with Crippen molar-refractivity contribution in [1.82, 2.24) is 10.2 Å². The molecule has 0 spiro atoms. The Kier molecular flexibility index (Phi) is 5.06. The number of carbonyl (C=O) groups is 3. The van der Waals surface area contributed by atoms with Gasteiger partial charge in [0, 0.05) is 19.5 Å². The van der Waals surface area contributed by atoms with Crippen LogP contribution in [0.4, 0.5) is 0 Å². The number of amides is 2. The Labute approximate surface area is 150 Å². The molecule has 0 unspecified atom stereocenters. The van der Waals surface area contributed by atoms with Crippen LogP contribution in [0.5, 0.6) is 0 Å². The van der Waals surface area contributed by atoms with E-state index in [2.05, 4.69) is 5.32 Å².